The highest BCUT2D eigenvalue weighted by molar-refractivity contribution is 9.10. The average Bonchev–Trinajstić information content (AvgIpc) is 2.82. The molecule has 1 N–H and O–H groups in total. The molecule has 1 atom stereocenters. The van der Waals surface area contributed by atoms with E-state index in [2.05, 4.69) is 21.2 Å². The first-order valence-corrected chi connectivity index (χ1v) is 11.9. The predicted octanol–water partition coefficient (Wildman–Crippen LogP) is 5.26. The molecule has 172 valence electrons. The molecule has 0 fully saturated rings. The number of benzene rings is 3. The van der Waals surface area contributed by atoms with Crippen molar-refractivity contribution >= 4 is 39.3 Å². The van der Waals surface area contributed by atoms with Crippen LogP contribution in [0.3, 0.4) is 0 Å². The lowest BCUT2D eigenvalue weighted by atomic mass is 10.0. The molecular weight excluding hydrogens is 504 g/mol. The van der Waals surface area contributed by atoms with Crippen molar-refractivity contribution in [3.8, 4) is 5.75 Å². The van der Waals surface area contributed by atoms with Crippen LogP contribution in [0, 0.1) is 0 Å². The molecule has 0 aliphatic rings. The molecule has 0 unspecified atom stereocenters. The summed E-state index contributed by atoms with van der Waals surface area (Å²) in [5.74, 6) is -0.0803. The van der Waals surface area contributed by atoms with Gasteiger partial charge in [-0.05, 0) is 42.3 Å². The van der Waals surface area contributed by atoms with E-state index in [0.29, 0.717) is 23.7 Å². The summed E-state index contributed by atoms with van der Waals surface area (Å²) in [6.45, 7) is 2.37. The monoisotopic (exact) mass is 528 g/mol. The van der Waals surface area contributed by atoms with Crippen LogP contribution in [0.4, 0.5) is 0 Å². The van der Waals surface area contributed by atoms with E-state index in [1.54, 1.807) is 29.2 Å². The number of nitrogens with zero attached hydrogens (tertiary/aromatic N) is 1. The van der Waals surface area contributed by atoms with Crippen LogP contribution in [0.2, 0.25) is 5.02 Å². The number of likely N-dealkylation sites (N-methyl/N-ethyl adjacent to an activating group) is 1. The number of rotatable bonds is 10. The van der Waals surface area contributed by atoms with Gasteiger partial charge in [0, 0.05) is 24.0 Å². The second-order valence-electron chi connectivity index (χ2n) is 7.47. The predicted molar refractivity (Wildman–Crippen MR) is 134 cm³/mol. The molecule has 3 rings (SSSR count). The van der Waals surface area contributed by atoms with Gasteiger partial charge in [-0.2, -0.15) is 0 Å². The maximum absolute atomic E-state index is 13.4. The Balaban J connectivity index is 1.89. The Morgan fingerprint density at radius 2 is 1.64 bits per heavy atom. The SMILES string of the molecule is CCNC(=O)[C@@H](Cc1ccccc1)N(Cc1ccc(Br)cc1)C(=O)COc1ccccc1Cl. The van der Waals surface area contributed by atoms with Gasteiger partial charge < -0.3 is 15.0 Å². The summed E-state index contributed by atoms with van der Waals surface area (Å²) in [5, 5.41) is 3.30. The Bertz CT molecular complexity index is 1060. The maximum Gasteiger partial charge on any atom is 0.261 e. The molecular formula is C26H26BrClN2O3. The maximum atomic E-state index is 13.4. The van der Waals surface area contributed by atoms with Crippen molar-refractivity contribution in [1.29, 1.82) is 0 Å². The minimum absolute atomic E-state index is 0.204. The Kier molecular flexibility index (Phi) is 9.34. The topological polar surface area (TPSA) is 58.6 Å². The van der Waals surface area contributed by atoms with Crippen LogP contribution in [0.15, 0.2) is 83.3 Å². The molecule has 0 aliphatic carbocycles. The number of para-hydroxylation sites is 1. The van der Waals surface area contributed by atoms with E-state index in [9.17, 15) is 9.59 Å². The smallest absolute Gasteiger partial charge is 0.261 e. The fourth-order valence-corrected chi connectivity index (χ4v) is 3.87. The largest absolute Gasteiger partial charge is 0.482 e. The van der Waals surface area contributed by atoms with Gasteiger partial charge in [-0.25, -0.2) is 0 Å². The van der Waals surface area contributed by atoms with Crippen molar-refractivity contribution in [2.75, 3.05) is 13.2 Å². The summed E-state index contributed by atoms with van der Waals surface area (Å²) in [6, 6.07) is 23.7. The minimum Gasteiger partial charge on any atom is -0.482 e. The van der Waals surface area contributed by atoms with E-state index in [1.165, 1.54) is 0 Å². The molecule has 0 spiro atoms. The lowest BCUT2D eigenvalue weighted by Crippen LogP contribution is -2.51. The molecule has 0 heterocycles. The van der Waals surface area contributed by atoms with Gasteiger partial charge in [0.2, 0.25) is 5.91 Å². The highest BCUT2D eigenvalue weighted by atomic mass is 79.9. The molecule has 0 aromatic heterocycles. The van der Waals surface area contributed by atoms with E-state index < -0.39 is 6.04 Å². The summed E-state index contributed by atoms with van der Waals surface area (Å²) in [4.78, 5) is 28.1. The average molecular weight is 530 g/mol. The molecule has 3 aromatic carbocycles. The minimum atomic E-state index is -0.696. The summed E-state index contributed by atoms with van der Waals surface area (Å²) in [7, 11) is 0. The van der Waals surface area contributed by atoms with E-state index in [0.717, 1.165) is 15.6 Å². The van der Waals surface area contributed by atoms with Gasteiger partial charge in [-0.15, -0.1) is 0 Å². The number of hydrogen-bond acceptors (Lipinski definition) is 3. The molecule has 2 amide bonds. The third kappa shape index (κ3) is 7.34. The first-order valence-electron chi connectivity index (χ1n) is 10.7. The first kappa shape index (κ1) is 24.8. The Hall–Kier alpha value is -2.83. The summed E-state index contributed by atoms with van der Waals surface area (Å²) >= 11 is 9.61. The molecule has 7 heteroatoms. The van der Waals surface area contributed by atoms with Crippen molar-refractivity contribution in [3.05, 3.63) is 99.5 Å². The van der Waals surface area contributed by atoms with Crippen molar-refractivity contribution in [2.45, 2.75) is 25.9 Å². The number of carbonyl (C=O) groups is 2. The zero-order valence-electron chi connectivity index (χ0n) is 18.3. The summed E-state index contributed by atoms with van der Waals surface area (Å²) in [5.41, 5.74) is 1.88. The van der Waals surface area contributed by atoms with Crippen molar-refractivity contribution in [2.24, 2.45) is 0 Å². The van der Waals surface area contributed by atoms with Gasteiger partial charge in [0.05, 0.1) is 5.02 Å². The van der Waals surface area contributed by atoms with E-state index in [1.807, 2.05) is 61.5 Å². The van der Waals surface area contributed by atoms with Crippen LogP contribution in [0.1, 0.15) is 18.1 Å². The van der Waals surface area contributed by atoms with Crippen LogP contribution in [-0.4, -0.2) is 35.9 Å². The van der Waals surface area contributed by atoms with Crippen LogP contribution in [0.25, 0.3) is 0 Å². The van der Waals surface area contributed by atoms with Crippen molar-refractivity contribution in [3.63, 3.8) is 0 Å². The zero-order valence-corrected chi connectivity index (χ0v) is 20.7. The molecule has 0 aliphatic heterocycles. The number of carbonyl (C=O) groups excluding carboxylic acids is 2. The van der Waals surface area contributed by atoms with E-state index in [-0.39, 0.29) is 25.0 Å². The van der Waals surface area contributed by atoms with Gasteiger partial charge in [0.25, 0.3) is 5.91 Å². The Morgan fingerprint density at radius 1 is 0.970 bits per heavy atom. The van der Waals surface area contributed by atoms with Crippen LogP contribution in [0.5, 0.6) is 5.75 Å². The third-order valence-electron chi connectivity index (χ3n) is 5.08. The van der Waals surface area contributed by atoms with Crippen LogP contribution >= 0.6 is 27.5 Å². The zero-order chi connectivity index (χ0) is 23.6. The number of hydrogen-bond donors (Lipinski definition) is 1. The molecule has 33 heavy (non-hydrogen) atoms. The molecule has 0 saturated carbocycles. The second-order valence-corrected chi connectivity index (χ2v) is 8.79. The van der Waals surface area contributed by atoms with Crippen LogP contribution < -0.4 is 10.1 Å². The summed E-state index contributed by atoms with van der Waals surface area (Å²) in [6.07, 6.45) is 0.390. The van der Waals surface area contributed by atoms with E-state index >= 15 is 0 Å². The normalized spacial score (nSPS) is 11.5. The summed E-state index contributed by atoms with van der Waals surface area (Å²) < 4.78 is 6.65. The van der Waals surface area contributed by atoms with Gasteiger partial charge >= 0.3 is 0 Å². The third-order valence-corrected chi connectivity index (χ3v) is 5.92. The lowest BCUT2D eigenvalue weighted by molar-refractivity contribution is -0.142. The Morgan fingerprint density at radius 3 is 2.30 bits per heavy atom. The lowest BCUT2D eigenvalue weighted by Gasteiger charge is -2.31. The first-order chi connectivity index (χ1) is 16.0. The highest BCUT2D eigenvalue weighted by Gasteiger charge is 2.30. The molecule has 0 radical (unpaired) electrons. The number of halogens is 2. The highest BCUT2D eigenvalue weighted by Crippen LogP contribution is 2.23. The Labute approximate surface area is 207 Å². The van der Waals surface area contributed by atoms with E-state index in [4.69, 9.17) is 16.3 Å². The number of ether oxygens (including phenoxy) is 1. The second kappa shape index (κ2) is 12.4. The standard InChI is InChI=1S/C26H26BrClN2O3/c1-2-29-26(32)23(16-19-8-4-3-5-9-19)30(17-20-12-14-21(27)15-13-20)25(31)18-33-24-11-7-6-10-22(24)28/h3-15,23H,2,16-18H2,1H3,(H,29,32)/t23-/m1/s1. The number of nitrogens with one attached hydrogen (secondary N) is 1. The van der Waals surface area contributed by atoms with Gasteiger partial charge in [0.1, 0.15) is 11.8 Å². The quantitative estimate of drug-likeness (QED) is 0.390. The van der Waals surface area contributed by atoms with Crippen LogP contribution in [-0.2, 0) is 22.6 Å². The van der Waals surface area contributed by atoms with Gasteiger partial charge in [0.15, 0.2) is 6.61 Å². The molecule has 5 nitrogen and oxygen atoms in total. The molecule has 3 aromatic rings. The van der Waals surface area contributed by atoms with Crippen molar-refractivity contribution in [1.82, 2.24) is 10.2 Å². The van der Waals surface area contributed by atoms with Crippen molar-refractivity contribution < 1.29 is 14.3 Å². The molecule has 0 saturated heterocycles. The fraction of sp³-hybridized carbons (Fsp3) is 0.231. The van der Waals surface area contributed by atoms with Gasteiger partial charge in [-0.1, -0.05) is 82.1 Å². The van der Waals surface area contributed by atoms with Gasteiger partial charge in [-0.3, -0.25) is 9.59 Å². The number of amides is 2. The fourth-order valence-electron chi connectivity index (χ4n) is 3.42. The molecule has 0 bridgehead atoms.